The lowest BCUT2D eigenvalue weighted by atomic mass is 9.98. The molecule has 1 aliphatic rings. The number of nitrogens with one attached hydrogen (secondary N) is 1. The zero-order valence-corrected chi connectivity index (χ0v) is 10.4. The lowest BCUT2D eigenvalue weighted by Crippen LogP contribution is -2.41. The first kappa shape index (κ1) is 11.6. The monoisotopic (exact) mass is 238 g/mol. The van der Waals surface area contributed by atoms with E-state index < -0.39 is 0 Å². The van der Waals surface area contributed by atoms with Crippen molar-refractivity contribution in [2.24, 2.45) is 5.92 Å². The van der Waals surface area contributed by atoms with Crippen molar-refractivity contribution in [2.45, 2.75) is 19.4 Å². The Kier molecular flexibility index (Phi) is 3.96. The summed E-state index contributed by atoms with van der Waals surface area (Å²) in [7, 11) is 1.90. The van der Waals surface area contributed by atoms with E-state index in [0.29, 0.717) is 0 Å². The molecular formula is C12H18N2OS. The van der Waals surface area contributed by atoms with Crippen LogP contribution in [0.3, 0.4) is 0 Å². The van der Waals surface area contributed by atoms with Crippen LogP contribution in [0.1, 0.15) is 18.4 Å². The highest BCUT2D eigenvalue weighted by Gasteiger charge is 2.23. The van der Waals surface area contributed by atoms with Gasteiger partial charge in [-0.15, -0.1) is 0 Å². The smallest absolute Gasteiger partial charge is 0.227 e. The van der Waals surface area contributed by atoms with Gasteiger partial charge >= 0.3 is 0 Å². The summed E-state index contributed by atoms with van der Waals surface area (Å²) in [4.78, 5) is 14.0. The first-order valence-corrected chi connectivity index (χ1v) is 6.68. The minimum absolute atomic E-state index is 0.178. The molecule has 1 saturated heterocycles. The zero-order valence-electron chi connectivity index (χ0n) is 9.61. The SMILES string of the molecule is CN(Cc1ccsc1)C(=O)[C@@H]1CCCNC1. The maximum atomic E-state index is 12.1. The molecule has 16 heavy (non-hydrogen) atoms. The fourth-order valence-electron chi connectivity index (χ4n) is 2.11. The second-order valence-corrected chi connectivity index (χ2v) is 5.15. The molecule has 0 spiro atoms. The lowest BCUT2D eigenvalue weighted by Gasteiger charge is -2.26. The summed E-state index contributed by atoms with van der Waals surface area (Å²) in [5.74, 6) is 0.454. The molecule has 1 aromatic heterocycles. The number of carbonyl (C=O) groups is 1. The van der Waals surface area contributed by atoms with Gasteiger partial charge < -0.3 is 10.2 Å². The van der Waals surface area contributed by atoms with Crippen molar-refractivity contribution in [1.29, 1.82) is 0 Å². The number of carbonyl (C=O) groups excluding carboxylic acids is 1. The molecule has 1 aromatic rings. The second kappa shape index (κ2) is 5.46. The molecule has 0 unspecified atom stereocenters. The summed E-state index contributed by atoms with van der Waals surface area (Å²) in [6, 6.07) is 2.08. The number of rotatable bonds is 3. The van der Waals surface area contributed by atoms with E-state index in [1.54, 1.807) is 11.3 Å². The Morgan fingerprint density at radius 3 is 3.19 bits per heavy atom. The van der Waals surface area contributed by atoms with E-state index in [1.807, 2.05) is 11.9 Å². The summed E-state index contributed by atoms with van der Waals surface area (Å²) in [6.45, 7) is 2.63. The maximum absolute atomic E-state index is 12.1. The first-order valence-electron chi connectivity index (χ1n) is 5.74. The lowest BCUT2D eigenvalue weighted by molar-refractivity contribution is -0.135. The van der Waals surface area contributed by atoms with Crippen molar-refractivity contribution in [3.8, 4) is 0 Å². The molecule has 0 radical (unpaired) electrons. The first-order chi connectivity index (χ1) is 7.77. The summed E-state index contributed by atoms with van der Waals surface area (Å²) in [5.41, 5.74) is 1.23. The Morgan fingerprint density at radius 2 is 2.56 bits per heavy atom. The average Bonchev–Trinajstić information content (AvgIpc) is 2.82. The number of thiophene rings is 1. The van der Waals surface area contributed by atoms with Crippen molar-refractivity contribution in [2.75, 3.05) is 20.1 Å². The van der Waals surface area contributed by atoms with Crippen molar-refractivity contribution >= 4 is 17.2 Å². The van der Waals surface area contributed by atoms with Gasteiger partial charge in [0.15, 0.2) is 0 Å². The van der Waals surface area contributed by atoms with Crippen LogP contribution in [-0.4, -0.2) is 30.9 Å². The number of hydrogen-bond acceptors (Lipinski definition) is 3. The predicted octanol–water partition coefficient (Wildman–Crippen LogP) is 1.71. The molecule has 2 rings (SSSR count). The molecule has 0 saturated carbocycles. The van der Waals surface area contributed by atoms with Crippen molar-refractivity contribution in [3.05, 3.63) is 22.4 Å². The average molecular weight is 238 g/mol. The fraction of sp³-hybridized carbons (Fsp3) is 0.583. The van der Waals surface area contributed by atoms with E-state index in [-0.39, 0.29) is 11.8 Å². The third kappa shape index (κ3) is 2.83. The van der Waals surface area contributed by atoms with E-state index in [1.165, 1.54) is 5.56 Å². The van der Waals surface area contributed by atoms with Crippen LogP contribution < -0.4 is 5.32 Å². The van der Waals surface area contributed by atoms with Gasteiger partial charge in [-0.05, 0) is 41.8 Å². The molecule has 0 aromatic carbocycles. The van der Waals surface area contributed by atoms with E-state index in [4.69, 9.17) is 0 Å². The minimum atomic E-state index is 0.178. The molecule has 1 aliphatic heterocycles. The number of amides is 1. The predicted molar refractivity (Wildman–Crippen MR) is 66.4 cm³/mol. The van der Waals surface area contributed by atoms with Gasteiger partial charge in [-0.3, -0.25) is 4.79 Å². The standard InChI is InChI=1S/C12H18N2OS/c1-14(8-10-4-6-16-9-10)12(15)11-3-2-5-13-7-11/h4,6,9,11,13H,2-3,5,7-8H2,1H3/t11-/m1/s1. The topological polar surface area (TPSA) is 32.3 Å². The second-order valence-electron chi connectivity index (χ2n) is 4.37. The van der Waals surface area contributed by atoms with Gasteiger partial charge in [0.05, 0.1) is 5.92 Å². The molecule has 3 nitrogen and oxygen atoms in total. The van der Waals surface area contributed by atoms with Gasteiger partial charge in [-0.1, -0.05) is 0 Å². The van der Waals surface area contributed by atoms with Crippen LogP contribution >= 0.6 is 11.3 Å². The number of piperidine rings is 1. The van der Waals surface area contributed by atoms with E-state index in [9.17, 15) is 4.79 Å². The van der Waals surface area contributed by atoms with Crippen LogP contribution in [0.15, 0.2) is 16.8 Å². The molecular weight excluding hydrogens is 220 g/mol. The van der Waals surface area contributed by atoms with E-state index in [0.717, 1.165) is 32.5 Å². The Labute approximate surface area is 100 Å². The zero-order chi connectivity index (χ0) is 11.4. The number of nitrogens with zero attached hydrogens (tertiary/aromatic N) is 1. The van der Waals surface area contributed by atoms with E-state index in [2.05, 4.69) is 22.1 Å². The van der Waals surface area contributed by atoms with Crippen LogP contribution in [0, 0.1) is 5.92 Å². The summed E-state index contributed by atoms with van der Waals surface area (Å²) >= 11 is 1.68. The molecule has 1 fully saturated rings. The summed E-state index contributed by atoms with van der Waals surface area (Å²) in [6.07, 6.45) is 2.14. The summed E-state index contributed by atoms with van der Waals surface area (Å²) in [5, 5.41) is 7.44. The molecule has 0 aliphatic carbocycles. The van der Waals surface area contributed by atoms with Crippen molar-refractivity contribution < 1.29 is 4.79 Å². The third-order valence-electron chi connectivity index (χ3n) is 3.02. The molecule has 0 bridgehead atoms. The minimum Gasteiger partial charge on any atom is -0.341 e. The maximum Gasteiger partial charge on any atom is 0.227 e. The van der Waals surface area contributed by atoms with Crippen molar-refractivity contribution in [3.63, 3.8) is 0 Å². The van der Waals surface area contributed by atoms with Crippen LogP contribution in [0.4, 0.5) is 0 Å². The molecule has 4 heteroatoms. The summed E-state index contributed by atoms with van der Waals surface area (Å²) < 4.78 is 0. The highest BCUT2D eigenvalue weighted by molar-refractivity contribution is 7.07. The van der Waals surface area contributed by atoms with Crippen LogP contribution in [-0.2, 0) is 11.3 Å². The van der Waals surface area contributed by atoms with Gasteiger partial charge in [0.25, 0.3) is 0 Å². The number of hydrogen-bond donors (Lipinski definition) is 1. The Morgan fingerprint density at radius 1 is 1.69 bits per heavy atom. The Hall–Kier alpha value is -0.870. The molecule has 88 valence electrons. The molecule has 2 heterocycles. The van der Waals surface area contributed by atoms with Gasteiger partial charge in [-0.2, -0.15) is 11.3 Å². The largest absolute Gasteiger partial charge is 0.341 e. The fourth-order valence-corrected chi connectivity index (χ4v) is 2.77. The third-order valence-corrected chi connectivity index (χ3v) is 3.75. The van der Waals surface area contributed by atoms with Crippen molar-refractivity contribution in [1.82, 2.24) is 10.2 Å². The molecule has 1 atom stereocenters. The van der Waals surface area contributed by atoms with Crippen LogP contribution in [0.2, 0.25) is 0 Å². The molecule has 1 N–H and O–H groups in total. The normalized spacial score (nSPS) is 20.7. The van der Waals surface area contributed by atoms with E-state index >= 15 is 0 Å². The van der Waals surface area contributed by atoms with Crippen LogP contribution in [0.25, 0.3) is 0 Å². The van der Waals surface area contributed by atoms with Gasteiger partial charge in [-0.25, -0.2) is 0 Å². The molecule has 1 amide bonds. The van der Waals surface area contributed by atoms with Gasteiger partial charge in [0.2, 0.25) is 5.91 Å². The Balaban J connectivity index is 1.88. The van der Waals surface area contributed by atoms with Gasteiger partial charge in [0, 0.05) is 20.1 Å². The highest BCUT2D eigenvalue weighted by atomic mass is 32.1. The Bertz CT molecular complexity index is 331. The highest BCUT2D eigenvalue weighted by Crippen LogP contribution is 2.15. The quantitative estimate of drug-likeness (QED) is 0.869. The van der Waals surface area contributed by atoms with Gasteiger partial charge in [0.1, 0.15) is 0 Å². The van der Waals surface area contributed by atoms with Crippen LogP contribution in [0.5, 0.6) is 0 Å².